The van der Waals surface area contributed by atoms with Gasteiger partial charge in [-0.1, -0.05) is 58.4 Å². The summed E-state index contributed by atoms with van der Waals surface area (Å²) in [6, 6.07) is 19.4. The van der Waals surface area contributed by atoms with Crippen LogP contribution in [0.25, 0.3) is 0 Å². The summed E-state index contributed by atoms with van der Waals surface area (Å²) < 4.78 is 14.6. The fourth-order valence-electron chi connectivity index (χ4n) is 3.78. The van der Waals surface area contributed by atoms with Crippen molar-refractivity contribution >= 4 is 44.8 Å². The maximum absolute atomic E-state index is 14.6. The summed E-state index contributed by atoms with van der Waals surface area (Å²) in [5.41, 5.74) is 3.22. The Hall–Kier alpha value is -2.99. The van der Waals surface area contributed by atoms with E-state index in [1.165, 1.54) is 22.6 Å². The molecule has 0 aromatic heterocycles. The van der Waals surface area contributed by atoms with Gasteiger partial charge in [0.15, 0.2) is 0 Å². The van der Waals surface area contributed by atoms with Crippen LogP contribution in [0.2, 0.25) is 0 Å². The molecule has 0 aliphatic carbocycles. The number of fused-ring (bicyclic) bond motifs is 2. The highest BCUT2D eigenvalue weighted by molar-refractivity contribution is 9.09. The second-order valence-corrected chi connectivity index (χ2v) is 8.27. The number of halogens is 2. The number of hydrogen-bond donors (Lipinski definition) is 1. The number of hydrogen-bond acceptors (Lipinski definition) is 2. The van der Waals surface area contributed by atoms with Gasteiger partial charge in [0.1, 0.15) is 5.82 Å². The third-order valence-corrected chi connectivity index (χ3v) is 5.89. The fraction of sp³-hybridized carbons (Fsp3) is 0.200. The first kappa shape index (κ1) is 21.2. The highest BCUT2D eigenvalue weighted by Crippen LogP contribution is 2.39. The maximum Gasteiger partial charge on any atom is 0.260 e. The fourth-order valence-corrected chi connectivity index (χ4v) is 4.18. The average Bonchev–Trinajstić information content (AvgIpc) is 2.89. The summed E-state index contributed by atoms with van der Waals surface area (Å²) in [7, 11) is 0. The molecule has 3 aromatic rings. The van der Waals surface area contributed by atoms with Crippen LogP contribution in [0.3, 0.4) is 0 Å². The molecule has 31 heavy (non-hydrogen) atoms. The zero-order valence-corrected chi connectivity index (χ0v) is 18.5. The second-order valence-electron chi connectivity index (χ2n) is 7.47. The van der Waals surface area contributed by atoms with E-state index in [4.69, 9.17) is 0 Å². The molecule has 0 unspecified atom stereocenters. The molecule has 3 aromatic carbocycles. The van der Waals surface area contributed by atoms with Gasteiger partial charge in [-0.2, -0.15) is 0 Å². The van der Waals surface area contributed by atoms with Crippen molar-refractivity contribution in [2.24, 2.45) is 0 Å². The summed E-state index contributed by atoms with van der Waals surface area (Å²) in [5.74, 6) is -1.46. The lowest BCUT2D eigenvalue weighted by Crippen LogP contribution is -2.28. The van der Waals surface area contributed by atoms with Crippen LogP contribution in [0.15, 0.2) is 66.7 Å². The Morgan fingerprint density at radius 3 is 2.39 bits per heavy atom. The summed E-state index contributed by atoms with van der Waals surface area (Å²) in [5, 5.41) is 3.72. The van der Waals surface area contributed by atoms with Gasteiger partial charge < -0.3 is 5.32 Å². The number of aryl methyl sites for hydroxylation is 1. The molecule has 1 heterocycles. The van der Waals surface area contributed by atoms with Crippen LogP contribution in [0.1, 0.15) is 34.3 Å². The summed E-state index contributed by atoms with van der Waals surface area (Å²) in [4.78, 5) is 27.5. The van der Waals surface area contributed by atoms with E-state index in [-0.39, 0.29) is 23.6 Å². The Balaban J connectivity index is 1.65. The quantitative estimate of drug-likeness (QED) is 0.346. The Morgan fingerprint density at radius 2 is 1.61 bits per heavy atom. The van der Waals surface area contributed by atoms with Crippen molar-refractivity contribution in [3.8, 4) is 0 Å². The van der Waals surface area contributed by atoms with E-state index in [2.05, 4.69) is 21.2 Å². The number of alkyl halides is 1. The first-order valence-corrected chi connectivity index (χ1v) is 11.4. The van der Waals surface area contributed by atoms with E-state index in [1.807, 2.05) is 24.3 Å². The minimum atomic E-state index is -0.659. The maximum atomic E-state index is 14.6. The number of unbranched alkanes of at least 4 members (excludes halogenated alkanes) is 1. The van der Waals surface area contributed by atoms with Crippen molar-refractivity contribution in [3.05, 3.63) is 89.2 Å². The molecular formula is C25H22BrFN2O2. The van der Waals surface area contributed by atoms with E-state index in [0.717, 1.165) is 30.2 Å². The molecule has 4 rings (SSSR count). The molecule has 1 aliphatic rings. The lowest BCUT2D eigenvalue weighted by molar-refractivity contribution is -0.117. The number of nitrogens with one attached hydrogen (secondary N) is 1. The first-order chi connectivity index (χ1) is 15.1. The zero-order chi connectivity index (χ0) is 21.8. The number of amides is 2. The van der Waals surface area contributed by atoms with Crippen LogP contribution < -0.4 is 10.2 Å². The Kier molecular flexibility index (Phi) is 6.47. The topological polar surface area (TPSA) is 49.4 Å². The SMILES string of the molecule is O=C1Nc2ccccc2N(C(=O)Cc2ccc(CCCCBr)cc2)c2cccc(F)c21. The van der Waals surface area contributed by atoms with Crippen LogP contribution in [-0.4, -0.2) is 17.1 Å². The number of carbonyl (C=O) groups excluding carboxylic acids is 2. The number of anilines is 3. The standard InChI is InChI=1S/C25H22BrFN2O2/c26-15-4-3-6-17-11-13-18(14-12-17)16-23(30)29-21-9-2-1-8-20(21)28-25(31)24-19(27)7-5-10-22(24)29/h1-2,5,7-14H,3-4,6,15-16H2,(H,28,31). The molecule has 0 bridgehead atoms. The highest BCUT2D eigenvalue weighted by atomic mass is 79.9. The Labute approximate surface area is 189 Å². The number of rotatable bonds is 6. The monoisotopic (exact) mass is 480 g/mol. The summed E-state index contributed by atoms with van der Waals surface area (Å²) in [6.07, 6.45) is 3.37. The molecule has 158 valence electrons. The highest BCUT2D eigenvalue weighted by Gasteiger charge is 2.31. The van der Waals surface area contributed by atoms with Crippen LogP contribution in [-0.2, 0) is 17.6 Å². The Bertz CT molecular complexity index is 1110. The lowest BCUT2D eigenvalue weighted by atomic mass is 10.0. The third-order valence-electron chi connectivity index (χ3n) is 5.33. The smallest absolute Gasteiger partial charge is 0.260 e. The predicted molar refractivity (Wildman–Crippen MR) is 125 cm³/mol. The summed E-state index contributed by atoms with van der Waals surface area (Å²) >= 11 is 3.45. The van der Waals surface area contributed by atoms with Crippen molar-refractivity contribution in [1.29, 1.82) is 0 Å². The van der Waals surface area contributed by atoms with Crippen molar-refractivity contribution in [1.82, 2.24) is 0 Å². The first-order valence-electron chi connectivity index (χ1n) is 10.2. The molecule has 4 nitrogen and oxygen atoms in total. The van der Waals surface area contributed by atoms with E-state index < -0.39 is 11.7 Å². The molecule has 0 saturated carbocycles. The number of nitrogens with zero attached hydrogens (tertiary/aromatic N) is 1. The second kappa shape index (κ2) is 9.43. The van der Waals surface area contributed by atoms with Gasteiger partial charge in [0, 0.05) is 5.33 Å². The lowest BCUT2D eigenvalue weighted by Gasteiger charge is -2.24. The number of para-hydroxylation sites is 2. The largest absolute Gasteiger partial charge is 0.320 e. The normalized spacial score (nSPS) is 12.6. The van der Waals surface area contributed by atoms with Crippen molar-refractivity contribution in [3.63, 3.8) is 0 Å². The van der Waals surface area contributed by atoms with Crippen LogP contribution in [0, 0.1) is 5.82 Å². The molecular weight excluding hydrogens is 459 g/mol. The van der Waals surface area contributed by atoms with Gasteiger partial charge in [-0.3, -0.25) is 14.5 Å². The number of carbonyl (C=O) groups is 2. The molecule has 1 aliphatic heterocycles. The minimum Gasteiger partial charge on any atom is -0.320 e. The van der Waals surface area contributed by atoms with Crippen molar-refractivity contribution in [2.75, 3.05) is 15.5 Å². The molecule has 1 N–H and O–H groups in total. The van der Waals surface area contributed by atoms with Crippen molar-refractivity contribution < 1.29 is 14.0 Å². The summed E-state index contributed by atoms with van der Waals surface area (Å²) in [6.45, 7) is 0. The van der Waals surface area contributed by atoms with Crippen LogP contribution >= 0.6 is 15.9 Å². The van der Waals surface area contributed by atoms with Crippen LogP contribution in [0.4, 0.5) is 21.5 Å². The predicted octanol–water partition coefficient (Wildman–Crippen LogP) is 6.02. The van der Waals surface area contributed by atoms with E-state index in [0.29, 0.717) is 11.4 Å². The van der Waals surface area contributed by atoms with E-state index in [1.54, 1.807) is 30.3 Å². The van der Waals surface area contributed by atoms with Gasteiger partial charge in [-0.05, 0) is 54.7 Å². The van der Waals surface area contributed by atoms with Gasteiger partial charge in [0.2, 0.25) is 5.91 Å². The molecule has 0 radical (unpaired) electrons. The van der Waals surface area contributed by atoms with Crippen molar-refractivity contribution in [2.45, 2.75) is 25.7 Å². The molecule has 0 saturated heterocycles. The van der Waals surface area contributed by atoms with Crippen LogP contribution in [0.5, 0.6) is 0 Å². The molecule has 0 spiro atoms. The van der Waals surface area contributed by atoms with Gasteiger partial charge in [-0.25, -0.2) is 4.39 Å². The molecule has 0 atom stereocenters. The number of benzene rings is 3. The molecule has 0 fully saturated rings. The third kappa shape index (κ3) is 4.54. The van der Waals surface area contributed by atoms with Gasteiger partial charge in [0.05, 0.1) is 29.0 Å². The molecule has 2 amide bonds. The van der Waals surface area contributed by atoms with Gasteiger partial charge in [-0.15, -0.1) is 0 Å². The van der Waals surface area contributed by atoms with Gasteiger partial charge in [0.25, 0.3) is 5.91 Å². The zero-order valence-electron chi connectivity index (χ0n) is 16.9. The van der Waals surface area contributed by atoms with E-state index >= 15 is 0 Å². The van der Waals surface area contributed by atoms with E-state index in [9.17, 15) is 14.0 Å². The Morgan fingerprint density at radius 1 is 0.903 bits per heavy atom. The van der Waals surface area contributed by atoms with Gasteiger partial charge >= 0.3 is 0 Å². The minimum absolute atomic E-state index is 0.130. The average molecular weight is 481 g/mol. The molecule has 6 heteroatoms.